The van der Waals surface area contributed by atoms with Gasteiger partial charge in [0.05, 0.1) is 30.5 Å². The minimum absolute atomic E-state index is 0.0624. The highest BCUT2D eigenvalue weighted by Gasteiger charge is 2.30. The number of carbonyl (C=O) groups excluding carboxylic acids is 1. The normalized spacial score (nSPS) is 17.1. The minimum Gasteiger partial charge on any atom is -0.396 e. The maximum Gasteiger partial charge on any atom is 0.255 e. The third kappa shape index (κ3) is 6.47. The molecule has 3 aromatic rings. The van der Waals surface area contributed by atoms with Gasteiger partial charge in [-0.05, 0) is 49.4 Å². The molecular formula is C27H31N5O3. The Kier molecular flexibility index (Phi) is 8.14. The molecule has 8 heteroatoms. The molecule has 2 aromatic heterocycles. The minimum atomic E-state index is -0.245. The number of aromatic nitrogens is 3. The molecule has 1 fully saturated rings. The molecule has 1 aliphatic carbocycles. The fourth-order valence-electron chi connectivity index (χ4n) is 4.14. The Labute approximate surface area is 205 Å². The quantitative estimate of drug-likeness (QED) is 0.342. The van der Waals surface area contributed by atoms with Gasteiger partial charge in [-0.25, -0.2) is 4.98 Å². The number of rotatable bonds is 8. The summed E-state index contributed by atoms with van der Waals surface area (Å²) in [6.45, 7) is 0.630. The van der Waals surface area contributed by atoms with Crippen LogP contribution in [0.2, 0.25) is 0 Å². The van der Waals surface area contributed by atoms with Gasteiger partial charge < -0.3 is 20.9 Å². The number of hydrogen-bond acceptors (Lipinski definition) is 6. The molecule has 8 nitrogen and oxygen atoms in total. The van der Waals surface area contributed by atoms with E-state index in [9.17, 15) is 4.79 Å². The number of amides is 1. The molecule has 0 bridgehead atoms. The second-order valence-electron chi connectivity index (χ2n) is 8.75. The molecule has 0 spiro atoms. The van der Waals surface area contributed by atoms with Crippen molar-refractivity contribution in [2.75, 3.05) is 12.3 Å². The van der Waals surface area contributed by atoms with E-state index >= 15 is 0 Å². The molecule has 4 N–H and O–H groups in total. The van der Waals surface area contributed by atoms with Gasteiger partial charge in [-0.3, -0.25) is 9.48 Å². The van der Waals surface area contributed by atoms with Gasteiger partial charge in [-0.1, -0.05) is 24.0 Å². The molecule has 1 saturated carbocycles. The van der Waals surface area contributed by atoms with Gasteiger partial charge in [0.1, 0.15) is 5.82 Å². The molecule has 1 amide bonds. The van der Waals surface area contributed by atoms with E-state index in [1.54, 1.807) is 23.1 Å². The Morgan fingerprint density at radius 2 is 2.09 bits per heavy atom. The molecule has 35 heavy (non-hydrogen) atoms. The molecule has 0 radical (unpaired) electrons. The number of aliphatic hydroxyl groups excluding tert-OH is 1. The zero-order valence-corrected chi connectivity index (χ0v) is 19.9. The van der Waals surface area contributed by atoms with Crippen LogP contribution >= 0.6 is 0 Å². The van der Waals surface area contributed by atoms with Crippen LogP contribution in [0.25, 0.3) is 11.1 Å². The highest BCUT2D eigenvalue weighted by molar-refractivity contribution is 5.99. The molecule has 1 aliphatic rings. The smallest absolute Gasteiger partial charge is 0.255 e. The van der Waals surface area contributed by atoms with Crippen molar-refractivity contribution in [1.29, 1.82) is 0 Å². The molecule has 0 aliphatic heterocycles. The van der Waals surface area contributed by atoms with Crippen molar-refractivity contribution < 1.29 is 14.6 Å². The van der Waals surface area contributed by atoms with Crippen LogP contribution in [0.5, 0.6) is 0 Å². The molecule has 2 heterocycles. The van der Waals surface area contributed by atoms with E-state index in [4.69, 9.17) is 15.6 Å². The zero-order valence-electron chi connectivity index (χ0n) is 19.9. The van der Waals surface area contributed by atoms with E-state index in [2.05, 4.69) is 27.2 Å². The summed E-state index contributed by atoms with van der Waals surface area (Å²) in [6.07, 6.45) is 9.29. The second kappa shape index (κ2) is 11.6. The SMILES string of the molecule is Cn1cc(-c2cnc(N)c(C(=O)N[C@H]3CCC[C@@H]3OCc3ccc(C#CCCCO)cc3)c2)cn1. The largest absolute Gasteiger partial charge is 0.396 e. The first-order valence-corrected chi connectivity index (χ1v) is 11.9. The number of nitrogen functional groups attached to an aromatic ring is 1. The number of aliphatic hydroxyl groups is 1. The average Bonchev–Trinajstić information content (AvgIpc) is 3.50. The summed E-state index contributed by atoms with van der Waals surface area (Å²) in [7, 11) is 1.84. The van der Waals surface area contributed by atoms with Crippen LogP contribution in [0.4, 0.5) is 5.82 Å². The standard InChI is InChI=1S/C27H31N5O3/c1-32-17-22(16-30-32)21-14-23(26(28)29-15-21)27(34)31-24-7-5-8-25(24)35-18-20-11-9-19(10-12-20)6-3-2-4-13-33/h9-12,14-17,24-25,33H,2,4-5,7-8,13,18H2,1H3,(H2,28,29)(H,31,34)/t24-,25-/m0/s1. The van der Waals surface area contributed by atoms with Crippen molar-refractivity contribution in [2.45, 2.75) is 50.9 Å². The summed E-state index contributed by atoms with van der Waals surface area (Å²) in [6, 6.07) is 9.64. The van der Waals surface area contributed by atoms with E-state index in [-0.39, 0.29) is 30.5 Å². The molecule has 0 saturated heterocycles. The van der Waals surface area contributed by atoms with E-state index in [1.165, 1.54) is 0 Å². The first-order chi connectivity index (χ1) is 17.0. The number of benzene rings is 1. The van der Waals surface area contributed by atoms with Gasteiger partial charge in [-0.2, -0.15) is 5.10 Å². The fraction of sp³-hybridized carbons (Fsp3) is 0.370. The van der Waals surface area contributed by atoms with Crippen molar-refractivity contribution in [3.8, 4) is 23.0 Å². The van der Waals surface area contributed by atoms with E-state index in [0.717, 1.165) is 41.5 Å². The summed E-state index contributed by atoms with van der Waals surface area (Å²) in [5.74, 6) is 6.11. The highest BCUT2D eigenvalue weighted by atomic mass is 16.5. The van der Waals surface area contributed by atoms with Crippen LogP contribution in [-0.2, 0) is 18.4 Å². The summed E-state index contributed by atoms with van der Waals surface area (Å²) >= 11 is 0. The molecule has 4 rings (SSSR count). The monoisotopic (exact) mass is 473 g/mol. The first kappa shape index (κ1) is 24.5. The number of anilines is 1. The third-order valence-electron chi connectivity index (χ3n) is 6.08. The van der Waals surface area contributed by atoms with E-state index < -0.39 is 0 Å². The number of carbonyl (C=O) groups is 1. The fourth-order valence-corrected chi connectivity index (χ4v) is 4.14. The Morgan fingerprint density at radius 1 is 1.26 bits per heavy atom. The number of aryl methyl sites for hydroxylation is 1. The Balaban J connectivity index is 1.34. The number of hydrogen-bond donors (Lipinski definition) is 3. The van der Waals surface area contributed by atoms with Crippen LogP contribution < -0.4 is 11.1 Å². The third-order valence-corrected chi connectivity index (χ3v) is 6.08. The lowest BCUT2D eigenvalue weighted by molar-refractivity contribution is 0.0272. The van der Waals surface area contributed by atoms with Crippen molar-refractivity contribution in [2.24, 2.45) is 7.05 Å². The summed E-state index contributed by atoms with van der Waals surface area (Å²) in [5.41, 5.74) is 10.0. The van der Waals surface area contributed by atoms with Gasteiger partial charge in [0, 0.05) is 49.2 Å². The molecule has 0 unspecified atom stereocenters. The maximum absolute atomic E-state index is 13.1. The lowest BCUT2D eigenvalue weighted by Gasteiger charge is -2.22. The van der Waals surface area contributed by atoms with Crippen LogP contribution in [-0.4, -0.2) is 44.5 Å². The van der Waals surface area contributed by atoms with Gasteiger partial charge in [0.25, 0.3) is 5.91 Å². The molecule has 2 atom stereocenters. The molecular weight excluding hydrogens is 442 g/mol. The van der Waals surface area contributed by atoms with Crippen LogP contribution in [0.15, 0.2) is 48.9 Å². The zero-order chi connectivity index (χ0) is 24.6. The van der Waals surface area contributed by atoms with E-state index in [1.807, 2.05) is 37.5 Å². The Hall–Kier alpha value is -3.67. The van der Waals surface area contributed by atoms with Crippen LogP contribution in [0.3, 0.4) is 0 Å². The van der Waals surface area contributed by atoms with Crippen LogP contribution in [0.1, 0.15) is 53.6 Å². The summed E-state index contributed by atoms with van der Waals surface area (Å²) in [5, 5.41) is 16.1. The lowest BCUT2D eigenvalue weighted by Crippen LogP contribution is -2.41. The number of nitrogens with two attached hydrogens (primary N) is 1. The number of ether oxygens (including phenoxy) is 1. The van der Waals surface area contributed by atoms with Gasteiger partial charge in [0.2, 0.25) is 0 Å². The predicted octanol–water partition coefficient (Wildman–Crippen LogP) is 3.06. The van der Waals surface area contributed by atoms with Crippen LogP contribution in [0, 0.1) is 11.8 Å². The van der Waals surface area contributed by atoms with E-state index in [0.29, 0.717) is 25.0 Å². The van der Waals surface area contributed by atoms with Gasteiger partial charge >= 0.3 is 0 Å². The lowest BCUT2D eigenvalue weighted by atomic mass is 10.1. The number of unbranched alkanes of at least 4 members (excludes halogenated alkanes) is 1. The average molecular weight is 474 g/mol. The first-order valence-electron chi connectivity index (χ1n) is 11.9. The van der Waals surface area contributed by atoms with Crippen molar-refractivity contribution >= 4 is 11.7 Å². The van der Waals surface area contributed by atoms with Gasteiger partial charge in [0.15, 0.2) is 0 Å². The van der Waals surface area contributed by atoms with Gasteiger partial charge in [-0.15, -0.1) is 0 Å². The van der Waals surface area contributed by atoms with Crippen molar-refractivity contribution in [3.05, 3.63) is 65.6 Å². The summed E-state index contributed by atoms with van der Waals surface area (Å²) in [4.78, 5) is 17.3. The topological polar surface area (TPSA) is 115 Å². The van der Waals surface area contributed by atoms with Crippen molar-refractivity contribution in [1.82, 2.24) is 20.1 Å². The maximum atomic E-state index is 13.1. The Bertz CT molecular complexity index is 1210. The highest BCUT2D eigenvalue weighted by Crippen LogP contribution is 2.25. The number of nitrogens with one attached hydrogen (secondary N) is 1. The molecule has 1 aromatic carbocycles. The summed E-state index contributed by atoms with van der Waals surface area (Å²) < 4.78 is 7.88. The Morgan fingerprint density at radius 3 is 2.83 bits per heavy atom. The second-order valence-corrected chi connectivity index (χ2v) is 8.75. The van der Waals surface area contributed by atoms with Crippen molar-refractivity contribution in [3.63, 3.8) is 0 Å². The predicted molar refractivity (Wildman–Crippen MR) is 134 cm³/mol. The number of nitrogens with zero attached hydrogens (tertiary/aromatic N) is 3. The number of pyridine rings is 1. The molecule has 182 valence electrons.